The SMILES string of the molecule is N/C(=N/O)c1nc(OCCCO)ccc1[N+](=O)[O-]. The number of nitrogens with two attached hydrogens (primary N) is 1. The van der Waals surface area contributed by atoms with Gasteiger partial charge in [-0.3, -0.25) is 10.1 Å². The minimum absolute atomic E-state index is 0.0416. The van der Waals surface area contributed by atoms with Crippen LogP contribution < -0.4 is 10.5 Å². The fourth-order valence-electron chi connectivity index (χ4n) is 1.14. The summed E-state index contributed by atoms with van der Waals surface area (Å²) in [7, 11) is 0. The summed E-state index contributed by atoms with van der Waals surface area (Å²) in [5.41, 5.74) is 4.63. The van der Waals surface area contributed by atoms with Crippen LogP contribution in [-0.4, -0.2) is 39.3 Å². The number of oxime groups is 1. The summed E-state index contributed by atoms with van der Waals surface area (Å²) in [5.74, 6) is -0.384. The van der Waals surface area contributed by atoms with E-state index in [0.29, 0.717) is 6.42 Å². The summed E-state index contributed by atoms with van der Waals surface area (Å²) in [5, 5.41) is 30.5. The third-order valence-corrected chi connectivity index (χ3v) is 1.95. The molecular weight excluding hydrogens is 244 g/mol. The van der Waals surface area contributed by atoms with Crippen molar-refractivity contribution in [3.63, 3.8) is 0 Å². The first-order valence-electron chi connectivity index (χ1n) is 4.97. The highest BCUT2D eigenvalue weighted by Crippen LogP contribution is 2.20. The quantitative estimate of drug-likeness (QED) is 0.160. The lowest BCUT2D eigenvalue weighted by molar-refractivity contribution is -0.385. The van der Waals surface area contributed by atoms with Gasteiger partial charge in [-0.25, -0.2) is 4.98 Å². The number of amidine groups is 1. The van der Waals surface area contributed by atoms with Crippen molar-refractivity contribution >= 4 is 11.5 Å². The first kappa shape index (κ1) is 13.6. The average Bonchev–Trinajstić information content (AvgIpc) is 2.37. The Hall–Kier alpha value is -2.42. The van der Waals surface area contributed by atoms with Crippen molar-refractivity contribution in [3.05, 3.63) is 27.9 Å². The highest BCUT2D eigenvalue weighted by Gasteiger charge is 2.20. The minimum Gasteiger partial charge on any atom is -0.478 e. The van der Waals surface area contributed by atoms with Crippen LogP contribution in [0.4, 0.5) is 5.69 Å². The predicted octanol–water partition coefficient (Wildman–Crippen LogP) is -0.155. The second-order valence-electron chi connectivity index (χ2n) is 3.19. The van der Waals surface area contributed by atoms with Crippen LogP contribution in [0.5, 0.6) is 5.88 Å². The molecule has 0 spiro atoms. The number of aliphatic hydroxyl groups is 1. The molecule has 0 fully saturated rings. The Morgan fingerprint density at radius 1 is 1.61 bits per heavy atom. The van der Waals surface area contributed by atoms with E-state index in [0.717, 1.165) is 6.07 Å². The summed E-state index contributed by atoms with van der Waals surface area (Å²) in [6.07, 6.45) is 0.400. The molecule has 0 bridgehead atoms. The molecule has 0 aliphatic rings. The Bertz CT molecular complexity index is 462. The van der Waals surface area contributed by atoms with E-state index in [1.165, 1.54) is 6.07 Å². The van der Waals surface area contributed by atoms with Crippen molar-refractivity contribution in [3.8, 4) is 5.88 Å². The first-order valence-corrected chi connectivity index (χ1v) is 4.97. The zero-order valence-corrected chi connectivity index (χ0v) is 9.31. The number of pyridine rings is 1. The molecule has 0 aromatic carbocycles. The van der Waals surface area contributed by atoms with Gasteiger partial charge in [0.05, 0.1) is 11.5 Å². The number of aromatic nitrogens is 1. The van der Waals surface area contributed by atoms with E-state index in [9.17, 15) is 10.1 Å². The molecule has 0 aliphatic heterocycles. The zero-order valence-electron chi connectivity index (χ0n) is 9.31. The van der Waals surface area contributed by atoms with Crippen molar-refractivity contribution in [1.29, 1.82) is 0 Å². The zero-order chi connectivity index (χ0) is 13.5. The minimum atomic E-state index is -0.697. The second-order valence-corrected chi connectivity index (χ2v) is 3.19. The second kappa shape index (κ2) is 6.35. The number of nitro groups is 1. The number of hydrogen-bond donors (Lipinski definition) is 3. The van der Waals surface area contributed by atoms with Crippen LogP contribution in [-0.2, 0) is 0 Å². The Kier molecular flexibility index (Phi) is 4.81. The molecule has 0 aliphatic carbocycles. The molecule has 18 heavy (non-hydrogen) atoms. The van der Waals surface area contributed by atoms with Crippen LogP contribution in [0.25, 0.3) is 0 Å². The van der Waals surface area contributed by atoms with Gasteiger partial charge < -0.3 is 20.8 Å². The molecule has 0 unspecified atom stereocenters. The van der Waals surface area contributed by atoms with Gasteiger partial charge in [0.25, 0.3) is 5.69 Å². The molecule has 4 N–H and O–H groups in total. The normalized spacial score (nSPS) is 11.3. The lowest BCUT2D eigenvalue weighted by Gasteiger charge is -2.06. The van der Waals surface area contributed by atoms with Crippen molar-refractivity contribution in [1.82, 2.24) is 4.98 Å². The van der Waals surface area contributed by atoms with Crippen LogP contribution in [0, 0.1) is 10.1 Å². The van der Waals surface area contributed by atoms with Crippen LogP contribution in [0.3, 0.4) is 0 Å². The Labute approximate surface area is 102 Å². The molecule has 9 heteroatoms. The molecule has 0 radical (unpaired) electrons. The molecule has 98 valence electrons. The van der Waals surface area contributed by atoms with Crippen molar-refractivity contribution in [2.24, 2.45) is 10.9 Å². The van der Waals surface area contributed by atoms with Crippen LogP contribution in [0.2, 0.25) is 0 Å². The maximum atomic E-state index is 10.7. The fraction of sp³-hybridized carbons (Fsp3) is 0.333. The van der Waals surface area contributed by atoms with Gasteiger partial charge in [-0.2, -0.15) is 0 Å². The van der Waals surface area contributed by atoms with E-state index in [1.807, 2.05) is 0 Å². The number of ether oxygens (including phenoxy) is 1. The molecule has 1 aromatic heterocycles. The monoisotopic (exact) mass is 256 g/mol. The number of rotatable bonds is 6. The third kappa shape index (κ3) is 3.28. The Balaban J connectivity index is 3.02. The Morgan fingerprint density at radius 3 is 2.89 bits per heavy atom. The van der Waals surface area contributed by atoms with Gasteiger partial charge >= 0.3 is 0 Å². The fourth-order valence-corrected chi connectivity index (χ4v) is 1.14. The van der Waals surface area contributed by atoms with E-state index in [2.05, 4.69) is 10.1 Å². The highest BCUT2D eigenvalue weighted by molar-refractivity contribution is 5.98. The van der Waals surface area contributed by atoms with Gasteiger partial charge in [0.1, 0.15) is 0 Å². The van der Waals surface area contributed by atoms with E-state index in [-0.39, 0.29) is 30.5 Å². The van der Waals surface area contributed by atoms with Gasteiger partial charge in [0.2, 0.25) is 5.88 Å². The standard InChI is InChI=1S/C9H12N4O5/c10-9(12-15)8-6(13(16)17)2-3-7(11-8)18-5-1-4-14/h2-3,14-15H,1,4-5H2,(H2,10,12). The van der Waals surface area contributed by atoms with Crippen LogP contribution >= 0.6 is 0 Å². The molecule has 1 heterocycles. The van der Waals surface area contributed by atoms with Crippen LogP contribution in [0.15, 0.2) is 17.3 Å². The maximum absolute atomic E-state index is 10.7. The highest BCUT2D eigenvalue weighted by atomic mass is 16.6. The molecule has 0 amide bonds. The first-order chi connectivity index (χ1) is 8.60. The third-order valence-electron chi connectivity index (χ3n) is 1.95. The summed E-state index contributed by atoms with van der Waals surface area (Å²) in [4.78, 5) is 13.8. The molecule has 0 saturated carbocycles. The van der Waals surface area contributed by atoms with Crippen molar-refractivity contribution < 1.29 is 20.0 Å². The van der Waals surface area contributed by atoms with Crippen LogP contribution in [0.1, 0.15) is 12.1 Å². The molecule has 0 atom stereocenters. The predicted molar refractivity (Wildman–Crippen MR) is 60.6 cm³/mol. The summed E-state index contributed by atoms with van der Waals surface area (Å²) < 4.78 is 5.13. The molecule has 1 aromatic rings. The van der Waals surface area contributed by atoms with Gasteiger partial charge in [0, 0.05) is 25.2 Å². The number of nitrogens with zero attached hydrogens (tertiary/aromatic N) is 3. The van der Waals surface area contributed by atoms with E-state index in [1.54, 1.807) is 0 Å². The van der Waals surface area contributed by atoms with Gasteiger partial charge in [-0.15, -0.1) is 0 Å². The summed E-state index contributed by atoms with van der Waals surface area (Å²) >= 11 is 0. The maximum Gasteiger partial charge on any atom is 0.299 e. The summed E-state index contributed by atoms with van der Waals surface area (Å²) in [6, 6.07) is 2.44. The number of aliphatic hydroxyl groups excluding tert-OH is 1. The van der Waals surface area contributed by atoms with E-state index in [4.69, 9.17) is 20.8 Å². The van der Waals surface area contributed by atoms with Gasteiger partial charge in [0.15, 0.2) is 11.5 Å². The number of hydrogen-bond acceptors (Lipinski definition) is 7. The van der Waals surface area contributed by atoms with Crippen molar-refractivity contribution in [2.45, 2.75) is 6.42 Å². The van der Waals surface area contributed by atoms with Gasteiger partial charge in [-0.1, -0.05) is 5.16 Å². The molecule has 1 rings (SSSR count). The molecule has 0 saturated heterocycles. The average molecular weight is 256 g/mol. The lowest BCUT2D eigenvalue weighted by atomic mass is 10.3. The lowest BCUT2D eigenvalue weighted by Crippen LogP contribution is -2.17. The molecular formula is C9H12N4O5. The van der Waals surface area contributed by atoms with Gasteiger partial charge in [-0.05, 0) is 0 Å². The topological polar surface area (TPSA) is 144 Å². The largest absolute Gasteiger partial charge is 0.478 e. The Morgan fingerprint density at radius 2 is 2.33 bits per heavy atom. The van der Waals surface area contributed by atoms with E-state index >= 15 is 0 Å². The summed E-state index contributed by atoms with van der Waals surface area (Å²) in [6.45, 7) is 0.164. The molecule has 9 nitrogen and oxygen atoms in total. The van der Waals surface area contributed by atoms with Crippen molar-refractivity contribution in [2.75, 3.05) is 13.2 Å². The van der Waals surface area contributed by atoms with E-state index < -0.39 is 10.8 Å². The smallest absolute Gasteiger partial charge is 0.299 e.